The minimum absolute atomic E-state index is 0.0837. The second-order valence-corrected chi connectivity index (χ2v) is 4.69. The van der Waals surface area contributed by atoms with Crippen molar-refractivity contribution >= 4 is 16.1 Å². The van der Waals surface area contributed by atoms with Crippen molar-refractivity contribution in [3.63, 3.8) is 0 Å². The molecule has 0 amide bonds. The van der Waals surface area contributed by atoms with Gasteiger partial charge in [0.25, 0.3) is 0 Å². The molecule has 0 bridgehead atoms. The van der Waals surface area contributed by atoms with Crippen LogP contribution in [-0.2, 0) is 19.1 Å². The zero-order valence-corrected chi connectivity index (χ0v) is 9.01. The normalized spacial score (nSPS) is 21.8. The molecule has 10 heteroatoms. The molecule has 98 valence electrons. The first kappa shape index (κ1) is 13.8. The summed E-state index contributed by atoms with van der Waals surface area (Å²) in [5, 5.41) is 11.0. The molecule has 17 heavy (non-hydrogen) atoms. The standard InChI is InChI=1S/C7H8F3NO5S/c8-7(9,10)17(14,15)16-4-1-2-11-5(3-4)6(12)13/h1,5,11H,2-3H2,(H,12,13). The van der Waals surface area contributed by atoms with E-state index in [0.29, 0.717) is 0 Å². The third-order valence-corrected chi connectivity index (χ3v) is 2.90. The molecule has 0 aliphatic carbocycles. The lowest BCUT2D eigenvalue weighted by Crippen LogP contribution is -2.40. The van der Waals surface area contributed by atoms with E-state index in [0.717, 1.165) is 6.08 Å². The van der Waals surface area contributed by atoms with Gasteiger partial charge >= 0.3 is 21.6 Å². The molecule has 0 spiro atoms. The maximum Gasteiger partial charge on any atom is 0.534 e. The molecule has 1 aliphatic heterocycles. The van der Waals surface area contributed by atoms with Gasteiger partial charge in [-0.1, -0.05) is 0 Å². The third kappa shape index (κ3) is 3.33. The molecule has 1 atom stereocenters. The summed E-state index contributed by atoms with van der Waals surface area (Å²) in [6.07, 6.45) is 0.577. The van der Waals surface area contributed by atoms with Gasteiger partial charge in [0.05, 0.1) is 0 Å². The minimum atomic E-state index is -5.74. The van der Waals surface area contributed by atoms with Gasteiger partial charge in [-0.25, -0.2) is 0 Å². The molecule has 2 N–H and O–H groups in total. The van der Waals surface area contributed by atoms with E-state index >= 15 is 0 Å². The number of hydrogen-bond acceptors (Lipinski definition) is 5. The van der Waals surface area contributed by atoms with Crippen LogP contribution in [0.2, 0.25) is 0 Å². The molecule has 0 saturated heterocycles. The van der Waals surface area contributed by atoms with Crippen LogP contribution in [0, 0.1) is 0 Å². The molecule has 1 aliphatic rings. The van der Waals surface area contributed by atoms with Crippen LogP contribution >= 0.6 is 0 Å². The second kappa shape index (κ2) is 4.53. The molecule has 1 heterocycles. The third-order valence-electron chi connectivity index (χ3n) is 1.90. The molecule has 0 saturated carbocycles. The smallest absolute Gasteiger partial charge is 0.480 e. The van der Waals surface area contributed by atoms with Gasteiger partial charge in [0.15, 0.2) is 0 Å². The van der Waals surface area contributed by atoms with E-state index < -0.39 is 39.8 Å². The zero-order chi connectivity index (χ0) is 13.3. The predicted octanol–water partition coefficient (Wildman–Crippen LogP) is 0.183. The molecule has 0 aromatic rings. The van der Waals surface area contributed by atoms with Crippen molar-refractivity contribution in [3.05, 3.63) is 11.8 Å². The monoisotopic (exact) mass is 275 g/mol. The van der Waals surface area contributed by atoms with E-state index in [1.165, 1.54) is 0 Å². The fraction of sp³-hybridized carbons (Fsp3) is 0.571. The van der Waals surface area contributed by atoms with Gasteiger partial charge < -0.3 is 14.6 Å². The van der Waals surface area contributed by atoms with Crippen molar-refractivity contribution in [2.24, 2.45) is 0 Å². The second-order valence-electron chi connectivity index (χ2n) is 3.16. The summed E-state index contributed by atoms with van der Waals surface area (Å²) < 4.78 is 61.0. The van der Waals surface area contributed by atoms with E-state index in [-0.39, 0.29) is 6.54 Å². The van der Waals surface area contributed by atoms with Gasteiger partial charge in [-0.05, 0) is 6.08 Å². The highest BCUT2D eigenvalue weighted by Gasteiger charge is 2.49. The largest absolute Gasteiger partial charge is 0.534 e. The average molecular weight is 275 g/mol. The van der Waals surface area contributed by atoms with Gasteiger partial charge in [0.1, 0.15) is 11.8 Å². The predicted molar refractivity (Wildman–Crippen MR) is 48.2 cm³/mol. The van der Waals surface area contributed by atoms with Gasteiger partial charge in [0, 0.05) is 13.0 Å². The van der Waals surface area contributed by atoms with Crippen LogP contribution in [0.4, 0.5) is 13.2 Å². The molecule has 1 rings (SSSR count). The van der Waals surface area contributed by atoms with Gasteiger partial charge in [0.2, 0.25) is 0 Å². The molecular formula is C7H8F3NO5S. The maximum absolute atomic E-state index is 12.0. The Bertz CT molecular complexity index is 441. The van der Waals surface area contributed by atoms with Crippen molar-refractivity contribution in [3.8, 4) is 0 Å². The summed E-state index contributed by atoms with van der Waals surface area (Å²) in [5.74, 6) is -1.84. The lowest BCUT2D eigenvalue weighted by molar-refractivity contribution is -0.139. The number of rotatable bonds is 3. The number of carbonyl (C=O) groups is 1. The van der Waals surface area contributed by atoms with Crippen LogP contribution < -0.4 is 5.32 Å². The molecule has 0 fully saturated rings. The zero-order valence-electron chi connectivity index (χ0n) is 8.19. The van der Waals surface area contributed by atoms with Crippen molar-refractivity contribution in [2.45, 2.75) is 18.0 Å². The van der Waals surface area contributed by atoms with E-state index in [1.54, 1.807) is 0 Å². The summed E-state index contributed by atoms with van der Waals surface area (Å²) in [5.41, 5.74) is -5.53. The quantitative estimate of drug-likeness (QED) is 0.564. The Morgan fingerprint density at radius 2 is 2.12 bits per heavy atom. The summed E-state index contributed by atoms with van der Waals surface area (Å²) in [6, 6.07) is -1.17. The van der Waals surface area contributed by atoms with Crippen LogP contribution in [0.5, 0.6) is 0 Å². The Morgan fingerprint density at radius 1 is 1.53 bits per heavy atom. The van der Waals surface area contributed by atoms with Crippen molar-refractivity contribution in [1.29, 1.82) is 0 Å². The Balaban J connectivity index is 2.77. The topological polar surface area (TPSA) is 92.7 Å². The molecular weight excluding hydrogens is 267 g/mol. The number of nitrogens with one attached hydrogen (secondary N) is 1. The maximum atomic E-state index is 12.0. The first-order valence-electron chi connectivity index (χ1n) is 4.29. The number of halogens is 3. The van der Waals surface area contributed by atoms with E-state index in [4.69, 9.17) is 5.11 Å². The molecule has 0 radical (unpaired) electrons. The van der Waals surface area contributed by atoms with E-state index in [2.05, 4.69) is 9.50 Å². The van der Waals surface area contributed by atoms with Crippen LogP contribution in [0.25, 0.3) is 0 Å². The van der Waals surface area contributed by atoms with Crippen molar-refractivity contribution in [2.75, 3.05) is 6.54 Å². The summed E-state index contributed by atoms with van der Waals surface area (Å²) >= 11 is 0. The first-order chi connectivity index (χ1) is 7.63. The minimum Gasteiger partial charge on any atom is -0.480 e. The van der Waals surface area contributed by atoms with Gasteiger partial charge in [-0.15, -0.1) is 0 Å². The number of carboxylic acid groups (broad SMARTS) is 1. The van der Waals surface area contributed by atoms with E-state index in [1.807, 2.05) is 0 Å². The number of aliphatic carboxylic acids is 1. The summed E-state index contributed by atoms with van der Waals surface area (Å²) in [7, 11) is -5.74. The molecule has 1 unspecified atom stereocenters. The Kier molecular flexibility index (Phi) is 3.67. The molecule has 6 nitrogen and oxygen atoms in total. The SMILES string of the molecule is O=C(O)C1CC(OS(=O)(=O)C(F)(F)F)=CCN1. The Labute approximate surface area is 94.2 Å². The average Bonchev–Trinajstić information content (AvgIpc) is 2.15. The highest BCUT2D eigenvalue weighted by molar-refractivity contribution is 7.87. The van der Waals surface area contributed by atoms with Crippen LogP contribution in [0.3, 0.4) is 0 Å². The summed E-state index contributed by atoms with van der Waals surface area (Å²) in [6.45, 7) is -0.0837. The van der Waals surface area contributed by atoms with Crippen LogP contribution in [0.1, 0.15) is 6.42 Å². The van der Waals surface area contributed by atoms with Crippen LogP contribution in [-0.4, -0.2) is 37.6 Å². The lowest BCUT2D eigenvalue weighted by Gasteiger charge is -2.21. The highest BCUT2D eigenvalue weighted by atomic mass is 32.2. The lowest BCUT2D eigenvalue weighted by atomic mass is 10.1. The number of carboxylic acids is 1. The molecule has 0 aromatic carbocycles. The highest BCUT2D eigenvalue weighted by Crippen LogP contribution is 2.28. The Morgan fingerprint density at radius 3 is 2.59 bits per heavy atom. The molecule has 0 aromatic heterocycles. The summed E-state index contributed by atoms with van der Waals surface area (Å²) in [4.78, 5) is 10.5. The van der Waals surface area contributed by atoms with Crippen molar-refractivity contribution in [1.82, 2.24) is 5.32 Å². The Hall–Kier alpha value is -1.29. The fourth-order valence-electron chi connectivity index (χ4n) is 1.10. The number of alkyl halides is 3. The fourth-order valence-corrected chi connectivity index (χ4v) is 1.61. The number of hydrogen-bond donors (Lipinski definition) is 2. The van der Waals surface area contributed by atoms with Gasteiger partial charge in [-0.2, -0.15) is 21.6 Å². The van der Waals surface area contributed by atoms with Gasteiger partial charge in [-0.3, -0.25) is 4.79 Å². The van der Waals surface area contributed by atoms with Crippen molar-refractivity contribution < 1.29 is 35.7 Å². The van der Waals surface area contributed by atoms with Crippen LogP contribution in [0.15, 0.2) is 11.8 Å². The first-order valence-corrected chi connectivity index (χ1v) is 5.70. The van der Waals surface area contributed by atoms with E-state index in [9.17, 15) is 26.4 Å².